The quantitative estimate of drug-likeness (QED) is 0.750. The van der Waals surface area contributed by atoms with E-state index in [1.165, 1.54) is 25.7 Å². The maximum atomic E-state index is 12.8. The molecule has 9 nitrogen and oxygen atoms in total. The van der Waals surface area contributed by atoms with Crippen LogP contribution in [-0.2, 0) is 4.79 Å². The molecule has 2 heterocycles. The van der Waals surface area contributed by atoms with E-state index in [9.17, 15) is 14.7 Å². The van der Waals surface area contributed by atoms with Crippen LogP contribution in [0.4, 0.5) is 23.1 Å². The van der Waals surface area contributed by atoms with Crippen LogP contribution in [0.5, 0.6) is 5.75 Å². The van der Waals surface area contributed by atoms with Crippen molar-refractivity contribution < 1.29 is 19.4 Å². The predicted octanol–water partition coefficient (Wildman–Crippen LogP) is 3.43. The van der Waals surface area contributed by atoms with Gasteiger partial charge in [-0.1, -0.05) is 19.3 Å². The van der Waals surface area contributed by atoms with Gasteiger partial charge in [0.05, 0.1) is 24.6 Å². The van der Waals surface area contributed by atoms with Crippen molar-refractivity contribution in [2.24, 2.45) is 0 Å². The van der Waals surface area contributed by atoms with Gasteiger partial charge >= 0.3 is 5.97 Å². The van der Waals surface area contributed by atoms with Crippen LogP contribution in [0.2, 0.25) is 0 Å². The molecule has 1 aromatic carbocycles. The molecule has 4 rings (SSSR count). The highest BCUT2D eigenvalue weighted by Crippen LogP contribution is 2.39. The molecular formula is C22H27N5O4. The fraction of sp³-hybridized carbons (Fsp3) is 0.455. The van der Waals surface area contributed by atoms with E-state index in [2.05, 4.69) is 15.2 Å². The number of hydrogen-bond donors (Lipinski definition) is 2. The maximum absolute atomic E-state index is 12.8. The molecule has 2 aliphatic rings. The smallest absolute Gasteiger partial charge is 0.335 e. The number of aromatic nitrogens is 2. The van der Waals surface area contributed by atoms with E-state index < -0.39 is 5.97 Å². The van der Waals surface area contributed by atoms with E-state index >= 15 is 0 Å². The van der Waals surface area contributed by atoms with Crippen molar-refractivity contribution in [2.45, 2.75) is 51.1 Å². The molecule has 0 radical (unpaired) electrons. The second kappa shape index (κ2) is 8.41. The van der Waals surface area contributed by atoms with Crippen LogP contribution >= 0.6 is 0 Å². The molecule has 1 saturated carbocycles. The number of carboxylic acid groups (broad SMARTS) is 1. The van der Waals surface area contributed by atoms with Gasteiger partial charge in [-0.25, -0.2) is 9.78 Å². The van der Waals surface area contributed by atoms with Crippen molar-refractivity contribution in [2.75, 3.05) is 29.3 Å². The molecule has 1 amide bonds. The third-order valence-corrected chi connectivity index (χ3v) is 6.12. The molecule has 0 saturated heterocycles. The summed E-state index contributed by atoms with van der Waals surface area (Å²) in [6, 6.07) is 4.54. The normalized spacial score (nSPS) is 19.2. The van der Waals surface area contributed by atoms with Gasteiger partial charge in [0.1, 0.15) is 17.5 Å². The monoisotopic (exact) mass is 425 g/mol. The molecule has 31 heavy (non-hydrogen) atoms. The molecule has 2 N–H and O–H groups in total. The van der Waals surface area contributed by atoms with Crippen LogP contribution in [0, 0.1) is 0 Å². The Morgan fingerprint density at radius 3 is 2.68 bits per heavy atom. The van der Waals surface area contributed by atoms with Gasteiger partial charge in [-0.15, -0.1) is 0 Å². The average Bonchev–Trinajstić information content (AvgIpc) is 2.78. The maximum Gasteiger partial charge on any atom is 0.335 e. The number of carbonyl (C=O) groups excluding carboxylic acids is 1. The zero-order valence-electron chi connectivity index (χ0n) is 18.0. The molecule has 9 heteroatoms. The number of methoxy groups -OCH3 is 1. The molecular weight excluding hydrogens is 398 g/mol. The third kappa shape index (κ3) is 3.87. The number of nitrogens with one attached hydrogen (secondary N) is 1. The van der Waals surface area contributed by atoms with E-state index in [0.29, 0.717) is 23.1 Å². The van der Waals surface area contributed by atoms with Gasteiger partial charge in [-0.05, 0) is 38.0 Å². The Balaban J connectivity index is 1.70. The lowest BCUT2D eigenvalue weighted by molar-refractivity contribution is -0.119. The number of hydrogen-bond acceptors (Lipinski definition) is 7. The summed E-state index contributed by atoms with van der Waals surface area (Å²) in [5, 5.41) is 12.3. The first-order valence-corrected chi connectivity index (χ1v) is 10.5. The Hall–Kier alpha value is -3.36. The van der Waals surface area contributed by atoms with Crippen molar-refractivity contribution in [1.82, 2.24) is 9.97 Å². The van der Waals surface area contributed by atoms with Gasteiger partial charge in [0, 0.05) is 13.1 Å². The lowest BCUT2D eigenvalue weighted by atomic mass is 9.92. The van der Waals surface area contributed by atoms with Gasteiger partial charge in [0.25, 0.3) is 0 Å². The highest BCUT2D eigenvalue weighted by molar-refractivity contribution is 6.04. The summed E-state index contributed by atoms with van der Waals surface area (Å²) in [5.74, 6) is 0.482. The lowest BCUT2D eigenvalue weighted by Gasteiger charge is -2.44. The number of aromatic carboxylic acids is 1. The van der Waals surface area contributed by atoms with Crippen LogP contribution < -0.4 is 19.9 Å². The highest BCUT2D eigenvalue weighted by Gasteiger charge is 2.39. The summed E-state index contributed by atoms with van der Waals surface area (Å²) < 4.78 is 5.34. The predicted molar refractivity (Wildman–Crippen MR) is 117 cm³/mol. The number of carbonyl (C=O) groups is 2. The number of fused-ring (bicyclic) bond motifs is 1. The molecule has 1 aliphatic heterocycles. The van der Waals surface area contributed by atoms with Gasteiger partial charge in [-0.2, -0.15) is 4.98 Å². The van der Waals surface area contributed by atoms with E-state index in [-0.39, 0.29) is 23.6 Å². The zero-order chi connectivity index (χ0) is 22.1. The number of likely N-dealkylation sites (N-methyl/N-ethyl adjacent to an activating group) is 1. The molecule has 0 spiro atoms. The van der Waals surface area contributed by atoms with Crippen LogP contribution in [0.25, 0.3) is 0 Å². The van der Waals surface area contributed by atoms with Crippen LogP contribution in [0.1, 0.15) is 49.4 Å². The fourth-order valence-corrected chi connectivity index (χ4v) is 4.45. The molecule has 0 unspecified atom stereocenters. The number of rotatable bonds is 5. The summed E-state index contributed by atoms with van der Waals surface area (Å²) in [4.78, 5) is 37.0. The van der Waals surface area contributed by atoms with Crippen molar-refractivity contribution in [3.05, 3.63) is 30.0 Å². The number of nitrogens with zero attached hydrogens (tertiary/aromatic N) is 4. The number of benzene rings is 1. The Labute approximate surface area is 181 Å². The van der Waals surface area contributed by atoms with Gasteiger partial charge in [-0.3, -0.25) is 4.79 Å². The third-order valence-electron chi connectivity index (χ3n) is 6.12. The second-order valence-corrected chi connectivity index (χ2v) is 8.02. The average molecular weight is 425 g/mol. The minimum atomic E-state index is -1.03. The lowest BCUT2D eigenvalue weighted by Crippen LogP contribution is -2.55. The first-order chi connectivity index (χ1) is 14.9. The Morgan fingerprint density at radius 2 is 2.00 bits per heavy atom. The van der Waals surface area contributed by atoms with Gasteiger partial charge < -0.3 is 25.0 Å². The van der Waals surface area contributed by atoms with Crippen LogP contribution in [0.15, 0.2) is 24.4 Å². The molecule has 2 aromatic rings. The zero-order valence-corrected chi connectivity index (χ0v) is 18.0. The number of ether oxygens (including phenoxy) is 1. The van der Waals surface area contributed by atoms with Gasteiger partial charge in [0.15, 0.2) is 5.82 Å². The van der Waals surface area contributed by atoms with Gasteiger partial charge in [0.2, 0.25) is 11.9 Å². The SMILES string of the molecule is COc1cc(C(=O)O)ccc1Nc1ncc2c(n1)N(C1CCCCC1)[C@H](C)C(=O)N2C. The molecule has 1 aliphatic carbocycles. The number of anilines is 4. The van der Waals surface area contributed by atoms with Crippen molar-refractivity contribution in [3.8, 4) is 5.75 Å². The van der Waals surface area contributed by atoms with Crippen molar-refractivity contribution in [1.29, 1.82) is 0 Å². The number of carboxylic acids is 1. The standard InChI is InChI=1S/C22H27N5O4/c1-13-20(28)26(2)17-12-23-22(25-19(17)27(13)15-7-5-4-6-8-15)24-16-10-9-14(21(29)30)11-18(16)31-3/h9-13,15H,4-8H2,1-3H3,(H,29,30)(H,23,24,25)/t13-/m1/s1. The minimum absolute atomic E-state index is 0.0355. The van der Waals surface area contributed by atoms with E-state index in [1.54, 1.807) is 24.2 Å². The molecule has 1 atom stereocenters. The summed E-state index contributed by atoms with van der Waals surface area (Å²) in [6.07, 6.45) is 7.26. The summed E-state index contributed by atoms with van der Waals surface area (Å²) in [6.45, 7) is 1.93. The second-order valence-electron chi connectivity index (χ2n) is 8.02. The Morgan fingerprint density at radius 1 is 1.26 bits per heavy atom. The first kappa shape index (κ1) is 20.9. The summed E-state index contributed by atoms with van der Waals surface area (Å²) in [7, 11) is 3.23. The van der Waals surface area contributed by atoms with Crippen molar-refractivity contribution >= 4 is 35.0 Å². The summed E-state index contributed by atoms with van der Waals surface area (Å²) >= 11 is 0. The van der Waals surface area contributed by atoms with Crippen molar-refractivity contribution in [3.63, 3.8) is 0 Å². The topological polar surface area (TPSA) is 108 Å². The highest BCUT2D eigenvalue weighted by atomic mass is 16.5. The largest absolute Gasteiger partial charge is 0.495 e. The Bertz CT molecular complexity index is 1010. The van der Waals surface area contributed by atoms with Crippen LogP contribution in [0.3, 0.4) is 0 Å². The molecule has 164 valence electrons. The molecule has 0 bridgehead atoms. The molecule has 1 fully saturated rings. The first-order valence-electron chi connectivity index (χ1n) is 10.5. The molecule has 1 aromatic heterocycles. The van der Waals surface area contributed by atoms with E-state index in [1.807, 2.05) is 6.92 Å². The minimum Gasteiger partial charge on any atom is -0.495 e. The van der Waals surface area contributed by atoms with Crippen LogP contribution in [-0.4, -0.2) is 53.2 Å². The fourth-order valence-electron chi connectivity index (χ4n) is 4.45. The summed E-state index contributed by atoms with van der Waals surface area (Å²) in [5.41, 5.74) is 1.38. The number of amides is 1. The van der Waals surface area contributed by atoms with E-state index in [4.69, 9.17) is 9.72 Å². The Kier molecular flexibility index (Phi) is 5.67. The van der Waals surface area contributed by atoms with E-state index in [0.717, 1.165) is 31.5 Å².